The van der Waals surface area contributed by atoms with Gasteiger partial charge in [0.2, 0.25) is 0 Å². The molecule has 0 amide bonds. The molecule has 12 heavy (non-hydrogen) atoms. The molecule has 62 valence electrons. The molecule has 0 aliphatic rings. The van der Waals surface area contributed by atoms with Gasteiger partial charge in [0.1, 0.15) is 5.75 Å². The van der Waals surface area contributed by atoms with Crippen LogP contribution in [-0.4, -0.2) is 16.2 Å². The zero-order valence-electron chi connectivity index (χ0n) is 6.32. The highest BCUT2D eigenvalue weighted by atomic mass is 16.4. The number of benzene rings is 1. The number of phenolic OH excluding ortho intramolecular Hbond substituents is 1. The fourth-order valence-electron chi connectivity index (χ4n) is 0.954. The smallest absolute Gasteiger partial charge is 0.336 e. The van der Waals surface area contributed by atoms with E-state index in [-0.39, 0.29) is 16.9 Å². The number of carbonyl (C=O) groups is 1. The molecule has 1 aromatic rings. The Morgan fingerprint density at radius 2 is 2.17 bits per heavy atom. The van der Waals surface area contributed by atoms with Crippen molar-refractivity contribution in [2.75, 3.05) is 0 Å². The minimum atomic E-state index is -1.07. The third-order valence-corrected chi connectivity index (χ3v) is 1.52. The van der Waals surface area contributed by atoms with Gasteiger partial charge in [-0.15, -0.1) is 0 Å². The minimum Gasteiger partial charge on any atom is -0.507 e. The first-order valence-electron chi connectivity index (χ1n) is 3.34. The summed E-state index contributed by atoms with van der Waals surface area (Å²) in [7, 11) is 0. The molecule has 2 N–H and O–H groups in total. The van der Waals surface area contributed by atoms with Gasteiger partial charge in [0.15, 0.2) is 0 Å². The molecule has 0 spiro atoms. The second kappa shape index (κ2) is 3.09. The van der Waals surface area contributed by atoms with Crippen LogP contribution in [0, 0.1) is 0 Å². The van der Waals surface area contributed by atoms with Crippen LogP contribution in [-0.2, 0) is 0 Å². The topological polar surface area (TPSA) is 57.5 Å². The van der Waals surface area contributed by atoms with Crippen LogP contribution in [0.4, 0.5) is 0 Å². The molecule has 3 heteroatoms. The Labute approximate surface area is 69.6 Å². The molecule has 1 aromatic carbocycles. The van der Waals surface area contributed by atoms with Crippen LogP contribution < -0.4 is 0 Å². The molecule has 0 radical (unpaired) electrons. The monoisotopic (exact) mass is 164 g/mol. The van der Waals surface area contributed by atoms with Crippen molar-refractivity contribution in [2.45, 2.75) is 0 Å². The zero-order valence-corrected chi connectivity index (χ0v) is 6.32. The molecular weight excluding hydrogens is 156 g/mol. The Morgan fingerprint density at radius 1 is 1.50 bits per heavy atom. The highest BCUT2D eigenvalue weighted by Crippen LogP contribution is 2.21. The van der Waals surface area contributed by atoms with E-state index in [1.807, 2.05) is 0 Å². The van der Waals surface area contributed by atoms with Crippen molar-refractivity contribution in [3.05, 3.63) is 35.9 Å². The molecule has 1 rings (SSSR count). The van der Waals surface area contributed by atoms with Crippen molar-refractivity contribution in [1.29, 1.82) is 0 Å². The van der Waals surface area contributed by atoms with Gasteiger partial charge in [0, 0.05) is 5.56 Å². The standard InChI is InChI=1S/C9H8O3/c1-2-6-7(9(11)12)4-3-5-8(6)10/h2-5,10H,1H2,(H,11,12). The first-order chi connectivity index (χ1) is 5.66. The third kappa shape index (κ3) is 1.29. The zero-order chi connectivity index (χ0) is 9.14. The number of phenols is 1. The summed E-state index contributed by atoms with van der Waals surface area (Å²) in [4.78, 5) is 10.6. The van der Waals surface area contributed by atoms with Gasteiger partial charge in [-0.1, -0.05) is 18.7 Å². The lowest BCUT2D eigenvalue weighted by molar-refractivity contribution is 0.0696. The first-order valence-corrected chi connectivity index (χ1v) is 3.34. The number of rotatable bonds is 2. The van der Waals surface area contributed by atoms with Crippen LogP contribution in [0.15, 0.2) is 24.8 Å². The van der Waals surface area contributed by atoms with Crippen LogP contribution in [0.3, 0.4) is 0 Å². The summed E-state index contributed by atoms with van der Waals surface area (Å²) >= 11 is 0. The van der Waals surface area contributed by atoms with Crippen molar-refractivity contribution in [3.63, 3.8) is 0 Å². The molecule has 0 aliphatic heterocycles. The Hall–Kier alpha value is -1.77. The molecule has 0 aromatic heterocycles. The lowest BCUT2D eigenvalue weighted by atomic mass is 10.1. The van der Waals surface area contributed by atoms with E-state index in [0.717, 1.165) is 0 Å². The summed E-state index contributed by atoms with van der Waals surface area (Å²) in [5.41, 5.74) is 0.315. The summed E-state index contributed by atoms with van der Waals surface area (Å²) in [6, 6.07) is 4.31. The summed E-state index contributed by atoms with van der Waals surface area (Å²) in [5.74, 6) is -1.13. The Kier molecular flexibility index (Phi) is 2.14. The van der Waals surface area contributed by atoms with E-state index in [2.05, 4.69) is 6.58 Å². The maximum absolute atomic E-state index is 10.6. The largest absolute Gasteiger partial charge is 0.507 e. The van der Waals surface area contributed by atoms with E-state index in [1.165, 1.54) is 24.3 Å². The van der Waals surface area contributed by atoms with Crippen molar-refractivity contribution in [1.82, 2.24) is 0 Å². The minimum absolute atomic E-state index is 0.0602. The lowest BCUT2D eigenvalue weighted by Gasteiger charge is -2.01. The van der Waals surface area contributed by atoms with E-state index in [9.17, 15) is 9.90 Å². The number of hydrogen-bond donors (Lipinski definition) is 2. The number of aromatic hydroxyl groups is 1. The fraction of sp³-hybridized carbons (Fsp3) is 0. The average Bonchev–Trinajstić information content (AvgIpc) is 2.03. The van der Waals surface area contributed by atoms with Gasteiger partial charge in [-0.25, -0.2) is 4.79 Å². The van der Waals surface area contributed by atoms with Crippen LogP contribution in [0.2, 0.25) is 0 Å². The van der Waals surface area contributed by atoms with E-state index >= 15 is 0 Å². The van der Waals surface area contributed by atoms with Crippen LogP contribution in [0.25, 0.3) is 6.08 Å². The van der Waals surface area contributed by atoms with Gasteiger partial charge in [-0.3, -0.25) is 0 Å². The molecule has 0 atom stereocenters. The summed E-state index contributed by atoms with van der Waals surface area (Å²) in [5, 5.41) is 17.9. The summed E-state index contributed by atoms with van der Waals surface area (Å²) in [6.07, 6.45) is 1.32. The fourth-order valence-corrected chi connectivity index (χ4v) is 0.954. The number of carboxylic acids is 1. The number of carboxylic acid groups (broad SMARTS) is 1. The lowest BCUT2D eigenvalue weighted by Crippen LogP contribution is -1.98. The molecule has 0 fully saturated rings. The van der Waals surface area contributed by atoms with Gasteiger partial charge in [0.05, 0.1) is 5.56 Å². The van der Waals surface area contributed by atoms with Crippen LogP contribution in [0.5, 0.6) is 5.75 Å². The van der Waals surface area contributed by atoms with Gasteiger partial charge in [0.25, 0.3) is 0 Å². The maximum Gasteiger partial charge on any atom is 0.336 e. The Morgan fingerprint density at radius 3 is 2.58 bits per heavy atom. The molecule has 0 unspecified atom stereocenters. The van der Waals surface area contributed by atoms with Crippen molar-refractivity contribution >= 4 is 12.0 Å². The predicted molar refractivity (Wildman–Crippen MR) is 45.2 cm³/mol. The molecule has 0 bridgehead atoms. The summed E-state index contributed by atoms with van der Waals surface area (Å²) < 4.78 is 0. The van der Waals surface area contributed by atoms with E-state index in [4.69, 9.17) is 5.11 Å². The molecule has 0 saturated carbocycles. The highest BCUT2D eigenvalue weighted by molar-refractivity contribution is 5.93. The van der Waals surface area contributed by atoms with E-state index in [1.54, 1.807) is 0 Å². The normalized spacial score (nSPS) is 9.33. The quantitative estimate of drug-likeness (QED) is 0.699. The van der Waals surface area contributed by atoms with Crippen LogP contribution in [0.1, 0.15) is 15.9 Å². The predicted octanol–water partition coefficient (Wildman–Crippen LogP) is 1.73. The van der Waals surface area contributed by atoms with Gasteiger partial charge in [-0.05, 0) is 12.1 Å². The SMILES string of the molecule is C=Cc1c(O)cccc1C(=O)O. The van der Waals surface area contributed by atoms with E-state index < -0.39 is 5.97 Å². The van der Waals surface area contributed by atoms with Gasteiger partial charge >= 0.3 is 5.97 Å². The Bertz CT molecular complexity index is 329. The van der Waals surface area contributed by atoms with Crippen molar-refractivity contribution in [2.24, 2.45) is 0 Å². The maximum atomic E-state index is 10.6. The summed E-state index contributed by atoms with van der Waals surface area (Å²) in [6.45, 7) is 3.41. The first kappa shape index (κ1) is 8.33. The van der Waals surface area contributed by atoms with Crippen LogP contribution >= 0.6 is 0 Å². The van der Waals surface area contributed by atoms with Crippen molar-refractivity contribution in [3.8, 4) is 5.75 Å². The number of aromatic carboxylic acids is 1. The number of hydrogen-bond acceptors (Lipinski definition) is 2. The van der Waals surface area contributed by atoms with Gasteiger partial charge in [-0.2, -0.15) is 0 Å². The molecule has 3 nitrogen and oxygen atoms in total. The van der Waals surface area contributed by atoms with Gasteiger partial charge < -0.3 is 10.2 Å². The molecular formula is C9H8O3. The highest BCUT2D eigenvalue weighted by Gasteiger charge is 2.09. The van der Waals surface area contributed by atoms with E-state index in [0.29, 0.717) is 0 Å². The second-order valence-corrected chi connectivity index (χ2v) is 2.25. The molecule has 0 aliphatic carbocycles. The molecule has 0 heterocycles. The Balaban J connectivity index is 3.37. The molecule has 0 saturated heterocycles. The second-order valence-electron chi connectivity index (χ2n) is 2.25. The average molecular weight is 164 g/mol. The van der Waals surface area contributed by atoms with Crippen molar-refractivity contribution < 1.29 is 15.0 Å². The third-order valence-electron chi connectivity index (χ3n) is 1.52.